The third-order valence-electron chi connectivity index (χ3n) is 3.10. The van der Waals surface area contributed by atoms with Gasteiger partial charge in [0.2, 0.25) is 5.88 Å². The molecule has 2 heterocycles. The number of hydrogen-bond donors (Lipinski definition) is 1. The average molecular weight is 293 g/mol. The van der Waals surface area contributed by atoms with Crippen LogP contribution >= 0.6 is 0 Å². The van der Waals surface area contributed by atoms with Crippen molar-refractivity contribution in [3.63, 3.8) is 0 Å². The van der Waals surface area contributed by atoms with Crippen molar-refractivity contribution in [3.8, 4) is 11.6 Å². The number of nitrogens with zero attached hydrogens (tertiary/aromatic N) is 2. The van der Waals surface area contributed by atoms with E-state index >= 15 is 0 Å². The number of hydrogen-bond acceptors (Lipinski definition) is 7. The Labute approximate surface area is 123 Å². The first-order valence-electron chi connectivity index (χ1n) is 6.57. The Morgan fingerprint density at radius 2 is 2.24 bits per heavy atom. The van der Waals surface area contributed by atoms with E-state index in [0.29, 0.717) is 18.2 Å². The second-order valence-electron chi connectivity index (χ2n) is 4.40. The van der Waals surface area contributed by atoms with Gasteiger partial charge in [0.1, 0.15) is 11.8 Å². The molecule has 0 saturated heterocycles. The summed E-state index contributed by atoms with van der Waals surface area (Å²) in [4.78, 5) is 15.8. The van der Waals surface area contributed by atoms with Crippen LogP contribution in [0.2, 0.25) is 0 Å². The summed E-state index contributed by atoms with van der Waals surface area (Å²) >= 11 is 0. The summed E-state index contributed by atoms with van der Waals surface area (Å²) in [6.07, 6.45) is 3.43. The molecule has 0 bridgehead atoms. The topological polar surface area (TPSA) is 72.9 Å². The monoisotopic (exact) mass is 293 g/mol. The van der Waals surface area contributed by atoms with E-state index in [9.17, 15) is 4.79 Å². The number of hydrazine groups is 1. The van der Waals surface area contributed by atoms with Gasteiger partial charge in [0.15, 0.2) is 0 Å². The fourth-order valence-corrected chi connectivity index (χ4v) is 2.11. The minimum absolute atomic E-state index is 0.352. The molecule has 0 fully saturated rings. The zero-order chi connectivity index (χ0) is 15.4. The minimum atomic E-state index is -0.522. The largest absolute Gasteiger partial charge is 0.496 e. The molecule has 1 aliphatic heterocycles. The third-order valence-corrected chi connectivity index (χ3v) is 3.10. The molecule has 0 amide bonds. The van der Waals surface area contributed by atoms with Crippen molar-refractivity contribution < 1.29 is 19.0 Å². The number of carbonyl (C=O) groups excluding carboxylic acids is 1. The Balaban J connectivity index is 2.34. The number of aromatic nitrogens is 1. The molecule has 21 heavy (non-hydrogen) atoms. The fourth-order valence-electron chi connectivity index (χ4n) is 2.11. The number of nitrogens with one attached hydrogen (secondary N) is 1. The van der Waals surface area contributed by atoms with Crippen LogP contribution in [0.15, 0.2) is 18.3 Å². The van der Waals surface area contributed by atoms with Crippen LogP contribution in [0.5, 0.6) is 11.6 Å². The molecule has 1 aromatic rings. The molecule has 2 rings (SSSR count). The van der Waals surface area contributed by atoms with Gasteiger partial charge in [0, 0.05) is 19.3 Å². The van der Waals surface area contributed by atoms with Gasteiger partial charge in [-0.2, -0.15) is 0 Å². The lowest BCUT2D eigenvalue weighted by molar-refractivity contribution is -0.142. The summed E-state index contributed by atoms with van der Waals surface area (Å²) in [5.41, 5.74) is 4.55. The van der Waals surface area contributed by atoms with Crippen molar-refractivity contribution in [1.82, 2.24) is 15.4 Å². The van der Waals surface area contributed by atoms with Crippen molar-refractivity contribution in [2.24, 2.45) is 0 Å². The summed E-state index contributed by atoms with van der Waals surface area (Å²) in [5.74, 6) is 0.769. The van der Waals surface area contributed by atoms with Crippen LogP contribution in [-0.2, 0) is 9.53 Å². The summed E-state index contributed by atoms with van der Waals surface area (Å²) in [6.45, 7) is 2.42. The zero-order valence-electron chi connectivity index (χ0n) is 12.5. The van der Waals surface area contributed by atoms with Gasteiger partial charge in [-0.15, -0.1) is 0 Å². The standard InChI is InChI=1S/C14H19N3O4/c1-5-21-13-7-12(19-3)9(8-15-13)11-6-10(14(18)20-4)16-17(11)2/h6-8,10,16H,5H2,1-4H3. The van der Waals surface area contributed by atoms with Gasteiger partial charge < -0.3 is 19.2 Å². The number of ether oxygens (including phenoxy) is 3. The van der Waals surface area contributed by atoms with E-state index < -0.39 is 6.04 Å². The summed E-state index contributed by atoms with van der Waals surface area (Å²) in [7, 11) is 4.74. The molecular weight excluding hydrogens is 274 g/mol. The maximum absolute atomic E-state index is 11.6. The summed E-state index contributed by atoms with van der Waals surface area (Å²) in [6, 6.07) is 1.20. The second-order valence-corrected chi connectivity index (χ2v) is 4.40. The van der Waals surface area contributed by atoms with E-state index in [4.69, 9.17) is 14.2 Å². The second kappa shape index (κ2) is 6.45. The van der Waals surface area contributed by atoms with Gasteiger partial charge in [-0.25, -0.2) is 15.2 Å². The molecule has 114 valence electrons. The third kappa shape index (κ3) is 3.08. The maximum atomic E-state index is 11.6. The van der Waals surface area contributed by atoms with E-state index in [1.165, 1.54) is 7.11 Å². The molecule has 7 nitrogen and oxygen atoms in total. The molecule has 1 aliphatic rings. The van der Waals surface area contributed by atoms with E-state index in [-0.39, 0.29) is 5.97 Å². The highest BCUT2D eigenvalue weighted by molar-refractivity contribution is 5.84. The van der Waals surface area contributed by atoms with Gasteiger partial charge in [-0.1, -0.05) is 0 Å². The highest BCUT2D eigenvalue weighted by Gasteiger charge is 2.28. The zero-order valence-corrected chi connectivity index (χ0v) is 12.5. The lowest BCUT2D eigenvalue weighted by atomic mass is 10.1. The first kappa shape index (κ1) is 15.1. The van der Waals surface area contributed by atoms with E-state index in [1.807, 2.05) is 14.0 Å². The molecule has 7 heteroatoms. The molecule has 1 atom stereocenters. The molecule has 0 spiro atoms. The average Bonchev–Trinajstić information content (AvgIpc) is 2.88. The van der Waals surface area contributed by atoms with Gasteiger partial charge in [0.05, 0.1) is 32.1 Å². The molecule has 0 saturated carbocycles. The number of pyridine rings is 1. The molecule has 1 aromatic heterocycles. The molecule has 0 radical (unpaired) electrons. The molecular formula is C14H19N3O4. The van der Waals surface area contributed by atoms with Crippen molar-refractivity contribution >= 4 is 11.7 Å². The quantitative estimate of drug-likeness (QED) is 0.806. The predicted octanol–water partition coefficient (Wildman–Crippen LogP) is 0.821. The van der Waals surface area contributed by atoms with Gasteiger partial charge in [0.25, 0.3) is 0 Å². The first-order chi connectivity index (χ1) is 10.1. The Hall–Kier alpha value is -2.28. The number of rotatable bonds is 5. The normalized spacial score (nSPS) is 17.4. The van der Waals surface area contributed by atoms with Crippen LogP contribution in [0.4, 0.5) is 0 Å². The van der Waals surface area contributed by atoms with E-state index in [1.54, 1.807) is 30.5 Å². The highest BCUT2D eigenvalue weighted by Crippen LogP contribution is 2.31. The van der Waals surface area contributed by atoms with Gasteiger partial charge in [-0.05, 0) is 13.0 Å². The lowest BCUT2D eigenvalue weighted by Gasteiger charge is -2.19. The van der Waals surface area contributed by atoms with Crippen LogP contribution in [0.1, 0.15) is 12.5 Å². The lowest BCUT2D eigenvalue weighted by Crippen LogP contribution is -2.39. The van der Waals surface area contributed by atoms with Crippen molar-refractivity contribution in [2.45, 2.75) is 13.0 Å². The number of carbonyl (C=O) groups is 1. The Bertz CT molecular complexity index is 559. The Morgan fingerprint density at radius 3 is 2.86 bits per heavy atom. The maximum Gasteiger partial charge on any atom is 0.328 e. The minimum Gasteiger partial charge on any atom is -0.496 e. The fraction of sp³-hybridized carbons (Fsp3) is 0.429. The van der Waals surface area contributed by atoms with Gasteiger partial charge in [-0.3, -0.25) is 0 Å². The van der Waals surface area contributed by atoms with Gasteiger partial charge >= 0.3 is 5.97 Å². The molecule has 1 unspecified atom stereocenters. The predicted molar refractivity (Wildman–Crippen MR) is 76.6 cm³/mol. The number of esters is 1. The smallest absolute Gasteiger partial charge is 0.328 e. The van der Waals surface area contributed by atoms with Crippen LogP contribution < -0.4 is 14.9 Å². The molecule has 0 aliphatic carbocycles. The van der Waals surface area contributed by atoms with Crippen LogP contribution in [-0.4, -0.2) is 49.9 Å². The van der Waals surface area contributed by atoms with Crippen molar-refractivity contribution in [2.75, 3.05) is 27.9 Å². The molecule has 1 N–H and O–H groups in total. The van der Waals surface area contributed by atoms with Crippen molar-refractivity contribution in [3.05, 3.63) is 23.9 Å². The summed E-state index contributed by atoms with van der Waals surface area (Å²) in [5, 5.41) is 1.74. The van der Waals surface area contributed by atoms with Crippen LogP contribution in [0.25, 0.3) is 5.70 Å². The first-order valence-corrected chi connectivity index (χ1v) is 6.57. The van der Waals surface area contributed by atoms with Crippen LogP contribution in [0.3, 0.4) is 0 Å². The SMILES string of the molecule is CCOc1cc(OC)c(C2=CC(C(=O)OC)NN2C)cn1. The van der Waals surface area contributed by atoms with E-state index in [0.717, 1.165) is 11.3 Å². The molecule has 0 aromatic carbocycles. The number of methoxy groups -OCH3 is 2. The van der Waals surface area contributed by atoms with Crippen LogP contribution in [0, 0.1) is 0 Å². The Morgan fingerprint density at radius 1 is 1.48 bits per heavy atom. The highest BCUT2D eigenvalue weighted by atomic mass is 16.5. The summed E-state index contributed by atoms with van der Waals surface area (Å²) < 4.78 is 15.5. The Kier molecular flexibility index (Phi) is 4.64. The van der Waals surface area contributed by atoms with Crippen molar-refractivity contribution in [1.29, 1.82) is 0 Å². The van der Waals surface area contributed by atoms with E-state index in [2.05, 4.69) is 10.4 Å².